The first-order valence-electron chi connectivity index (χ1n) is 9.88. The van der Waals surface area contributed by atoms with Crippen molar-refractivity contribution < 1.29 is 19.1 Å². The predicted molar refractivity (Wildman–Crippen MR) is 107 cm³/mol. The fourth-order valence-electron chi connectivity index (χ4n) is 3.42. The molecule has 0 saturated carbocycles. The van der Waals surface area contributed by atoms with E-state index < -0.39 is 6.04 Å². The van der Waals surface area contributed by atoms with Crippen molar-refractivity contribution >= 4 is 17.7 Å². The summed E-state index contributed by atoms with van der Waals surface area (Å²) in [6, 6.07) is 6.62. The molecule has 1 heterocycles. The first kappa shape index (κ1) is 21.9. The van der Waals surface area contributed by atoms with Crippen LogP contribution in [0.25, 0.3) is 0 Å². The number of benzene rings is 1. The van der Waals surface area contributed by atoms with E-state index in [-0.39, 0.29) is 23.6 Å². The Morgan fingerprint density at radius 2 is 1.82 bits per heavy atom. The molecule has 1 aliphatic heterocycles. The standard InChI is InChI=1S/C21H31N3O4/c1-4-18(25)24-12-9-16(10-13-24)19(21(27)22-11-14-28-3)23-20(26)17-7-5-15(2)6-8-17/h5-8,16,19H,4,9-14H2,1-3H3,(H,22,27)(H,23,26). The van der Waals surface area contributed by atoms with Crippen molar-refractivity contribution in [3.05, 3.63) is 35.4 Å². The van der Waals surface area contributed by atoms with E-state index in [0.717, 1.165) is 5.56 Å². The number of nitrogens with one attached hydrogen (secondary N) is 2. The maximum absolute atomic E-state index is 12.7. The Morgan fingerprint density at radius 3 is 2.39 bits per heavy atom. The lowest BCUT2D eigenvalue weighted by molar-refractivity contribution is -0.132. The number of rotatable bonds is 8. The largest absolute Gasteiger partial charge is 0.383 e. The second-order valence-electron chi connectivity index (χ2n) is 7.17. The van der Waals surface area contributed by atoms with Crippen molar-refractivity contribution in [3.8, 4) is 0 Å². The maximum atomic E-state index is 12.7. The molecule has 7 nitrogen and oxygen atoms in total. The van der Waals surface area contributed by atoms with Gasteiger partial charge in [0.25, 0.3) is 5.91 Å². The fraction of sp³-hybridized carbons (Fsp3) is 0.571. The summed E-state index contributed by atoms with van der Waals surface area (Å²) in [6.07, 6.45) is 1.85. The van der Waals surface area contributed by atoms with Gasteiger partial charge in [-0.25, -0.2) is 0 Å². The molecule has 2 rings (SSSR count). The van der Waals surface area contributed by atoms with Gasteiger partial charge >= 0.3 is 0 Å². The van der Waals surface area contributed by atoms with Crippen molar-refractivity contribution in [2.45, 2.75) is 39.2 Å². The number of ether oxygens (including phenoxy) is 1. The number of carbonyl (C=O) groups excluding carboxylic acids is 3. The Morgan fingerprint density at radius 1 is 1.18 bits per heavy atom. The molecule has 1 unspecified atom stereocenters. The molecular weight excluding hydrogens is 358 g/mol. The van der Waals surface area contributed by atoms with Gasteiger partial charge in [0.05, 0.1) is 6.61 Å². The summed E-state index contributed by atoms with van der Waals surface area (Å²) in [5, 5.41) is 5.74. The van der Waals surface area contributed by atoms with Crippen LogP contribution in [0.5, 0.6) is 0 Å². The molecule has 2 N–H and O–H groups in total. The van der Waals surface area contributed by atoms with Gasteiger partial charge in [-0.2, -0.15) is 0 Å². The number of piperidine rings is 1. The summed E-state index contributed by atoms with van der Waals surface area (Å²) < 4.78 is 4.99. The summed E-state index contributed by atoms with van der Waals surface area (Å²) in [6.45, 7) is 5.83. The van der Waals surface area contributed by atoms with Crippen LogP contribution in [0.3, 0.4) is 0 Å². The van der Waals surface area contributed by atoms with Gasteiger partial charge in [-0.05, 0) is 37.8 Å². The molecule has 1 fully saturated rings. The molecule has 0 spiro atoms. The highest BCUT2D eigenvalue weighted by molar-refractivity contribution is 5.97. The van der Waals surface area contributed by atoms with E-state index in [1.807, 2.05) is 30.9 Å². The average molecular weight is 389 g/mol. The maximum Gasteiger partial charge on any atom is 0.251 e. The first-order chi connectivity index (χ1) is 13.5. The number of likely N-dealkylation sites (tertiary alicyclic amines) is 1. The molecule has 7 heteroatoms. The van der Waals surface area contributed by atoms with Crippen molar-refractivity contribution in [3.63, 3.8) is 0 Å². The SMILES string of the molecule is CCC(=O)N1CCC(C(NC(=O)c2ccc(C)cc2)C(=O)NCCOC)CC1. The van der Waals surface area contributed by atoms with E-state index in [1.165, 1.54) is 0 Å². The van der Waals surface area contributed by atoms with E-state index in [0.29, 0.717) is 51.1 Å². The number of hydrogen-bond acceptors (Lipinski definition) is 4. The van der Waals surface area contributed by atoms with Gasteiger partial charge in [-0.3, -0.25) is 14.4 Å². The predicted octanol–water partition coefficient (Wildman–Crippen LogP) is 1.50. The molecule has 1 aliphatic rings. The lowest BCUT2D eigenvalue weighted by Gasteiger charge is -2.35. The third-order valence-corrected chi connectivity index (χ3v) is 5.15. The molecule has 0 aromatic heterocycles. The second-order valence-corrected chi connectivity index (χ2v) is 7.17. The topological polar surface area (TPSA) is 87.7 Å². The van der Waals surface area contributed by atoms with Crippen LogP contribution < -0.4 is 10.6 Å². The monoisotopic (exact) mass is 389 g/mol. The van der Waals surface area contributed by atoms with E-state index in [4.69, 9.17) is 4.74 Å². The third-order valence-electron chi connectivity index (χ3n) is 5.15. The van der Waals surface area contributed by atoms with E-state index in [2.05, 4.69) is 10.6 Å². The summed E-state index contributed by atoms with van der Waals surface area (Å²) in [5.41, 5.74) is 1.59. The summed E-state index contributed by atoms with van der Waals surface area (Å²) in [4.78, 5) is 39.2. The molecule has 1 atom stereocenters. The molecular formula is C21H31N3O4. The smallest absolute Gasteiger partial charge is 0.251 e. The van der Waals surface area contributed by atoms with Crippen molar-refractivity contribution in [1.82, 2.24) is 15.5 Å². The highest BCUT2D eigenvalue weighted by atomic mass is 16.5. The van der Waals surface area contributed by atoms with Crippen LogP contribution in [0.4, 0.5) is 0 Å². The molecule has 154 valence electrons. The Bertz CT molecular complexity index is 667. The summed E-state index contributed by atoms with van der Waals surface area (Å²) >= 11 is 0. The zero-order valence-electron chi connectivity index (χ0n) is 17.0. The number of aryl methyl sites for hydroxylation is 1. The average Bonchev–Trinajstić information content (AvgIpc) is 2.72. The molecule has 3 amide bonds. The summed E-state index contributed by atoms with van der Waals surface area (Å²) in [7, 11) is 1.57. The molecule has 0 radical (unpaired) electrons. The van der Waals surface area contributed by atoms with Crippen LogP contribution in [-0.2, 0) is 14.3 Å². The van der Waals surface area contributed by atoms with E-state index in [1.54, 1.807) is 19.2 Å². The van der Waals surface area contributed by atoms with Gasteiger partial charge in [0.15, 0.2) is 0 Å². The molecule has 1 saturated heterocycles. The molecule has 1 aromatic carbocycles. The van der Waals surface area contributed by atoms with E-state index >= 15 is 0 Å². The normalized spacial score (nSPS) is 15.8. The minimum absolute atomic E-state index is 0.0159. The lowest BCUT2D eigenvalue weighted by atomic mass is 9.88. The van der Waals surface area contributed by atoms with Crippen LogP contribution in [0.2, 0.25) is 0 Å². The van der Waals surface area contributed by atoms with Gasteiger partial charge in [0.1, 0.15) is 6.04 Å². The molecule has 1 aromatic rings. The molecule has 0 bridgehead atoms. The first-order valence-corrected chi connectivity index (χ1v) is 9.88. The Labute approximate surface area is 166 Å². The fourth-order valence-corrected chi connectivity index (χ4v) is 3.42. The lowest BCUT2D eigenvalue weighted by Crippen LogP contribution is -2.54. The number of hydrogen-bond donors (Lipinski definition) is 2. The molecule has 28 heavy (non-hydrogen) atoms. The third kappa shape index (κ3) is 6.05. The van der Waals surface area contributed by atoms with Crippen molar-refractivity contribution in [1.29, 1.82) is 0 Å². The zero-order chi connectivity index (χ0) is 20.5. The number of amides is 3. The number of carbonyl (C=O) groups is 3. The number of methoxy groups -OCH3 is 1. The minimum Gasteiger partial charge on any atom is -0.383 e. The highest BCUT2D eigenvalue weighted by Gasteiger charge is 2.33. The van der Waals surface area contributed by atoms with Gasteiger partial charge < -0.3 is 20.3 Å². The van der Waals surface area contributed by atoms with Crippen LogP contribution in [0.1, 0.15) is 42.1 Å². The molecule has 0 aliphatic carbocycles. The zero-order valence-corrected chi connectivity index (χ0v) is 17.0. The van der Waals surface area contributed by atoms with Crippen molar-refractivity contribution in [2.24, 2.45) is 5.92 Å². The Balaban J connectivity index is 2.06. The van der Waals surface area contributed by atoms with Gasteiger partial charge in [0.2, 0.25) is 11.8 Å². The van der Waals surface area contributed by atoms with Gasteiger partial charge in [-0.1, -0.05) is 24.6 Å². The minimum atomic E-state index is -0.635. The van der Waals surface area contributed by atoms with Gasteiger partial charge in [0, 0.05) is 38.7 Å². The van der Waals surface area contributed by atoms with Crippen LogP contribution in [0, 0.1) is 12.8 Å². The van der Waals surface area contributed by atoms with Crippen LogP contribution >= 0.6 is 0 Å². The van der Waals surface area contributed by atoms with E-state index in [9.17, 15) is 14.4 Å². The summed E-state index contributed by atoms with van der Waals surface area (Å²) in [5.74, 6) is -0.363. The number of nitrogens with zero attached hydrogens (tertiary/aromatic N) is 1. The second kappa shape index (κ2) is 10.8. The Kier molecular flexibility index (Phi) is 8.44. The highest BCUT2D eigenvalue weighted by Crippen LogP contribution is 2.22. The van der Waals surface area contributed by atoms with Crippen molar-refractivity contribution in [2.75, 3.05) is 33.4 Å². The van der Waals surface area contributed by atoms with Gasteiger partial charge in [-0.15, -0.1) is 0 Å². The Hall–Kier alpha value is -2.41. The van der Waals surface area contributed by atoms with Crippen LogP contribution in [-0.4, -0.2) is 62.0 Å². The van der Waals surface area contributed by atoms with Crippen LogP contribution in [0.15, 0.2) is 24.3 Å². The quantitative estimate of drug-likeness (QED) is 0.660.